The topological polar surface area (TPSA) is 75.6 Å². The maximum Gasteiger partial charge on any atom is 0.310 e. The number of rotatable bonds is 3. The van der Waals surface area contributed by atoms with Crippen LogP contribution in [0.5, 0.6) is 0 Å². The van der Waals surface area contributed by atoms with Crippen LogP contribution in [-0.4, -0.2) is 29.2 Å². The Hall–Kier alpha value is -1.66. The third-order valence-electron chi connectivity index (χ3n) is 3.91. The molecule has 0 spiro atoms. The molecule has 0 radical (unpaired) electrons. The van der Waals surface area contributed by atoms with Gasteiger partial charge in [-0.05, 0) is 30.7 Å². The van der Waals surface area contributed by atoms with Gasteiger partial charge >= 0.3 is 5.97 Å². The smallest absolute Gasteiger partial charge is 0.310 e. The Morgan fingerprint density at radius 2 is 1.90 bits per heavy atom. The van der Waals surface area contributed by atoms with Crippen LogP contribution in [0, 0.1) is 18.8 Å². The van der Waals surface area contributed by atoms with E-state index < -0.39 is 30.0 Å². The molecule has 1 amide bonds. The van der Waals surface area contributed by atoms with Gasteiger partial charge in [-0.15, -0.1) is 0 Å². The largest absolute Gasteiger partial charge is 0.481 e. The van der Waals surface area contributed by atoms with E-state index in [1.807, 2.05) is 19.1 Å². The van der Waals surface area contributed by atoms with Gasteiger partial charge in [0.25, 0.3) is 0 Å². The van der Waals surface area contributed by atoms with E-state index in [1.165, 1.54) is 0 Å². The van der Waals surface area contributed by atoms with Gasteiger partial charge in [0.2, 0.25) is 5.91 Å². The van der Waals surface area contributed by atoms with Crippen molar-refractivity contribution in [2.24, 2.45) is 11.8 Å². The molecule has 21 heavy (non-hydrogen) atoms. The van der Waals surface area contributed by atoms with Crippen LogP contribution in [0.1, 0.15) is 5.56 Å². The Bertz CT molecular complexity index is 643. The molecule has 4 atom stereocenters. The van der Waals surface area contributed by atoms with Crippen LogP contribution in [0.15, 0.2) is 34.8 Å². The van der Waals surface area contributed by atoms with E-state index in [-0.39, 0.29) is 5.91 Å². The second-order valence-electron chi connectivity index (χ2n) is 5.29. The highest BCUT2D eigenvalue weighted by Gasteiger charge is 2.53. The molecule has 0 saturated carbocycles. The van der Waals surface area contributed by atoms with E-state index in [9.17, 15) is 14.7 Å². The predicted molar refractivity (Wildman–Crippen MR) is 79.9 cm³/mol. The standard InChI is InChI=1S/C15H14BrNO4/c1-7-6-8(2-3-9(7)16)17-14(18)12-10-4-5-11(21-10)13(12)15(19)20/h2-6,10-13H,1H3,(H,17,18)(H,19,20)/t10-,11+,12-,13+/m1/s1. The highest BCUT2D eigenvalue weighted by molar-refractivity contribution is 9.10. The molecular formula is C15H14BrNO4. The van der Waals surface area contributed by atoms with Crippen molar-refractivity contribution in [3.05, 3.63) is 40.4 Å². The van der Waals surface area contributed by atoms with Gasteiger partial charge in [0.05, 0.1) is 18.1 Å². The summed E-state index contributed by atoms with van der Waals surface area (Å²) in [7, 11) is 0. The first kappa shape index (κ1) is 14.3. The average molecular weight is 352 g/mol. The van der Waals surface area contributed by atoms with Crippen LogP contribution >= 0.6 is 15.9 Å². The molecular weight excluding hydrogens is 338 g/mol. The Balaban J connectivity index is 1.80. The zero-order valence-electron chi connectivity index (χ0n) is 11.2. The summed E-state index contributed by atoms with van der Waals surface area (Å²) in [6.45, 7) is 1.92. The van der Waals surface area contributed by atoms with Crippen LogP contribution in [0.4, 0.5) is 5.69 Å². The van der Waals surface area contributed by atoms with Gasteiger partial charge in [-0.25, -0.2) is 0 Å². The Morgan fingerprint density at radius 3 is 2.52 bits per heavy atom. The monoisotopic (exact) mass is 351 g/mol. The molecule has 6 heteroatoms. The van der Waals surface area contributed by atoms with Crippen LogP contribution in [0.3, 0.4) is 0 Å². The number of hydrogen-bond donors (Lipinski definition) is 2. The van der Waals surface area contributed by atoms with Crippen molar-refractivity contribution >= 4 is 33.5 Å². The van der Waals surface area contributed by atoms with Crippen molar-refractivity contribution in [2.45, 2.75) is 19.1 Å². The van der Waals surface area contributed by atoms with Gasteiger partial charge in [-0.2, -0.15) is 0 Å². The molecule has 1 aromatic carbocycles. The molecule has 3 rings (SSSR count). The maximum atomic E-state index is 12.4. The zero-order chi connectivity index (χ0) is 15.1. The van der Waals surface area contributed by atoms with E-state index in [2.05, 4.69) is 21.2 Å². The number of carbonyl (C=O) groups excluding carboxylic acids is 1. The molecule has 2 aliphatic rings. The minimum Gasteiger partial charge on any atom is -0.481 e. The second kappa shape index (κ2) is 5.27. The number of aliphatic carboxylic acids is 1. The summed E-state index contributed by atoms with van der Waals surface area (Å²) in [5.41, 5.74) is 1.64. The fourth-order valence-corrected chi connectivity index (χ4v) is 3.11. The summed E-state index contributed by atoms with van der Waals surface area (Å²) in [5, 5.41) is 12.1. The van der Waals surface area contributed by atoms with Gasteiger partial charge in [-0.3, -0.25) is 9.59 Å². The van der Waals surface area contributed by atoms with Crippen LogP contribution in [-0.2, 0) is 14.3 Å². The SMILES string of the molecule is Cc1cc(NC(=O)[C@H]2[C@@H](C(=O)O)[C@@H]3C=C[C@H]2O3)ccc1Br. The Kier molecular flexibility index (Phi) is 3.59. The highest BCUT2D eigenvalue weighted by Crippen LogP contribution is 2.39. The van der Waals surface area contributed by atoms with Crippen molar-refractivity contribution in [3.8, 4) is 0 Å². The molecule has 2 aliphatic heterocycles. The lowest BCUT2D eigenvalue weighted by atomic mass is 9.82. The summed E-state index contributed by atoms with van der Waals surface area (Å²) in [6, 6.07) is 5.45. The van der Waals surface area contributed by atoms with Crippen molar-refractivity contribution in [1.82, 2.24) is 0 Å². The first-order valence-corrected chi connectivity index (χ1v) is 7.40. The van der Waals surface area contributed by atoms with E-state index in [0.717, 1.165) is 10.0 Å². The van der Waals surface area contributed by atoms with E-state index in [4.69, 9.17) is 4.74 Å². The van der Waals surface area contributed by atoms with E-state index >= 15 is 0 Å². The molecule has 5 nitrogen and oxygen atoms in total. The third kappa shape index (κ3) is 2.49. The van der Waals surface area contributed by atoms with Crippen molar-refractivity contribution in [3.63, 3.8) is 0 Å². The summed E-state index contributed by atoms with van der Waals surface area (Å²) in [5.74, 6) is -2.84. The fraction of sp³-hybridized carbons (Fsp3) is 0.333. The number of benzene rings is 1. The summed E-state index contributed by atoms with van der Waals surface area (Å²) in [6.07, 6.45) is 2.53. The van der Waals surface area contributed by atoms with Gasteiger partial charge in [-0.1, -0.05) is 28.1 Å². The Morgan fingerprint density at radius 1 is 1.24 bits per heavy atom. The summed E-state index contributed by atoms with van der Waals surface area (Å²) < 4.78 is 6.45. The number of amides is 1. The van der Waals surface area contributed by atoms with E-state index in [1.54, 1.807) is 18.2 Å². The maximum absolute atomic E-state index is 12.4. The molecule has 1 saturated heterocycles. The first-order chi connectivity index (χ1) is 9.97. The number of hydrogen-bond acceptors (Lipinski definition) is 3. The average Bonchev–Trinajstić information content (AvgIpc) is 3.03. The number of ether oxygens (including phenoxy) is 1. The molecule has 2 N–H and O–H groups in total. The normalized spacial score (nSPS) is 29.6. The Labute approximate surface area is 130 Å². The van der Waals surface area contributed by atoms with Gasteiger partial charge < -0.3 is 15.2 Å². The lowest BCUT2D eigenvalue weighted by Gasteiger charge is -2.21. The predicted octanol–water partition coefficient (Wildman–Crippen LogP) is 2.35. The number of carboxylic acids is 1. The lowest BCUT2D eigenvalue weighted by Crippen LogP contribution is -2.39. The molecule has 0 aliphatic carbocycles. The van der Waals surface area contributed by atoms with Crippen molar-refractivity contribution in [1.29, 1.82) is 0 Å². The number of anilines is 1. The van der Waals surface area contributed by atoms with Crippen LogP contribution < -0.4 is 5.32 Å². The molecule has 0 aromatic heterocycles. The number of aryl methyl sites for hydroxylation is 1. The molecule has 110 valence electrons. The lowest BCUT2D eigenvalue weighted by molar-refractivity contribution is -0.145. The first-order valence-electron chi connectivity index (χ1n) is 6.61. The molecule has 1 fully saturated rings. The third-order valence-corrected chi connectivity index (χ3v) is 4.80. The quantitative estimate of drug-likeness (QED) is 0.819. The van der Waals surface area contributed by atoms with E-state index in [0.29, 0.717) is 5.69 Å². The van der Waals surface area contributed by atoms with Gasteiger partial charge in [0.15, 0.2) is 0 Å². The second-order valence-corrected chi connectivity index (χ2v) is 6.15. The van der Waals surface area contributed by atoms with Crippen LogP contribution in [0.2, 0.25) is 0 Å². The molecule has 2 heterocycles. The van der Waals surface area contributed by atoms with Gasteiger partial charge in [0.1, 0.15) is 5.92 Å². The minimum absolute atomic E-state index is 0.319. The highest BCUT2D eigenvalue weighted by atomic mass is 79.9. The fourth-order valence-electron chi connectivity index (χ4n) is 2.86. The minimum atomic E-state index is -1.00. The number of halogens is 1. The number of nitrogens with one attached hydrogen (secondary N) is 1. The molecule has 2 bridgehead atoms. The van der Waals surface area contributed by atoms with Gasteiger partial charge in [0, 0.05) is 10.2 Å². The summed E-state index contributed by atoms with van der Waals surface area (Å²) >= 11 is 3.40. The number of carboxylic acid groups (broad SMARTS) is 1. The summed E-state index contributed by atoms with van der Waals surface area (Å²) in [4.78, 5) is 23.8. The number of fused-ring (bicyclic) bond motifs is 2. The van der Waals surface area contributed by atoms with Crippen LogP contribution in [0.25, 0.3) is 0 Å². The zero-order valence-corrected chi connectivity index (χ0v) is 12.8. The number of carbonyl (C=O) groups is 2. The molecule has 1 aromatic rings. The molecule has 0 unspecified atom stereocenters. The van der Waals surface area contributed by atoms with Crippen molar-refractivity contribution < 1.29 is 19.4 Å². The van der Waals surface area contributed by atoms with Crippen molar-refractivity contribution in [2.75, 3.05) is 5.32 Å².